The van der Waals surface area contributed by atoms with Crippen molar-refractivity contribution in [3.63, 3.8) is 0 Å². The van der Waals surface area contributed by atoms with Crippen LogP contribution in [0, 0.1) is 43.4 Å². The minimum atomic E-state index is 0. The van der Waals surface area contributed by atoms with E-state index >= 15 is 0 Å². The molecule has 0 aliphatic heterocycles. The van der Waals surface area contributed by atoms with Gasteiger partial charge in [0.1, 0.15) is 0 Å². The van der Waals surface area contributed by atoms with E-state index < -0.39 is 0 Å². The average Bonchev–Trinajstić information content (AvgIpc) is 3.44. The first-order chi connectivity index (χ1) is 35.4. The van der Waals surface area contributed by atoms with Gasteiger partial charge in [0.15, 0.2) is 0 Å². The van der Waals surface area contributed by atoms with Gasteiger partial charge in [-0.3, -0.25) is 0 Å². The third-order valence-corrected chi connectivity index (χ3v) is 14.1. The molecular weight excluding hydrogens is 1060 g/mol. The molecule has 4 nitrogen and oxygen atoms in total. The van der Waals surface area contributed by atoms with Crippen molar-refractivity contribution in [2.75, 3.05) is 0 Å². The molecule has 0 radical (unpaired) electrons. The van der Waals surface area contributed by atoms with Crippen LogP contribution in [0.1, 0.15) is 62.9 Å². The van der Waals surface area contributed by atoms with E-state index in [4.69, 9.17) is 4.98 Å². The van der Waals surface area contributed by atoms with Crippen molar-refractivity contribution >= 4 is 0 Å². The molecule has 1 aliphatic carbocycles. The first-order valence-electron chi connectivity index (χ1n) is 25.1. The fourth-order valence-electron chi connectivity index (χ4n) is 10.1. The summed E-state index contributed by atoms with van der Waals surface area (Å²) >= 11 is 0. The molecule has 11 rings (SSSR count). The number of aryl methyl sites for hydroxylation is 8. The first kappa shape index (κ1) is 48.7. The van der Waals surface area contributed by atoms with Gasteiger partial charge in [-0.2, -0.15) is 5.26 Å². The minimum absolute atomic E-state index is 0. The summed E-state index contributed by atoms with van der Waals surface area (Å²) in [5.74, 6) is 0. The molecule has 1 aliphatic rings. The number of pyridine rings is 3. The van der Waals surface area contributed by atoms with Crippen LogP contribution in [0.15, 0.2) is 188 Å². The first-order valence-corrected chi connectivity index (χ1v) is 25.1. The van der Waals surface area contributed by atoms with Crippen molar-refractivity contribution in [2.24, 2.45) is 0 Å². The van der Waals surface area contributed by atoms with Gasteiger partial charge in [0, 0.05) is 18.6 Å². The number of benzene rings is 7. The monoisotopic (exact) mass is 1120 g/mol. The second kappa shape index (κ2) is 22.3. The van der Waals surface area contributed by atoms with Gasteiger partial charge in [-0.25, -0.2) is 0 Å². The Balaban J connectivity index is 0.00000611. The summed E-state index contributed by atoms with van der Waals surface area (Å²) in [4.78, 5) is 14.2. The van der Waals surface area contributed by atoms with Gasteiger partial charge in [-0.15, -0.1) is 94.5 Å². The van der Waals surface area contributed by atoms with E-state index in [0.29, 0.717) is 5.56 Å². The molecule has 3 aromatic heterocycles. The third-order valence-electron chi connectivity index (χ3n) is 14.1. The number of fused-ring (bicyclic) bond motifs is 1. The molecule has 0 saturated carbocycles. The summed E-state index contributed by atoms with van der Waals surface area (Å²) in [6.07, 6.45) is 14.0. The Morgan fingerprint density at radius 2 is 0.973 bits per heavy atom. The summed E-state index contributed by atoms with van der Waals surface area (Å²) in [5.41, 5.74) is 25.8. The van der Waals surface area contributed by atoms with Gasteiger partial charge in [0.2, 0.25) is 0 Å². The fourth-order valence-corrected chi connectivity index (χ4v) is 10.1. The molecule has 0 N–H and O–H groups in total. The second-order valence-corrected chi connectivity index (χ2v) is 19.2. The Morgan fingerprint density at radius 3 is 1.55 bits per heavy atom. The molecule has 0 bridgehead atoms. The Morgan fingerprint density at radius 1 is 0.438 bits per heavy atom. The van der Waals surface area contributed by atoms with Gasteiger partial charge in [-0.05, 0) is 138 Å². The smallest absolute Gasteiger partial charge is 0.305 e. The van der Waals surface area contributed by atoms with Crippen LogP contribution in [-0.4, -0.2) is 15.0 Å². The van der Waals surface area contributed by atoms with Crippen molar-refractivity contribution in [3.05, 3.63) is 257 Å². The number of nitriles is 1. The number of hydrogen-bond acceptors (Lipinski definition) is 4. The van der Waals surface area contributed by atoms with Crippen molar-refractivity contribution in [1.29, 1.82) is 5.26 Å². The molecule has 0 amide bonds. The van der Waals surface area contributed by atoms with E-state index in [1.165, 1.54) is 68.5 Å². The van der Waals surface area contributed by atoms with Crippen LogP contribution in [0.2, 0.25) is 0 Å². The van der Waals surface area contributed by atoms with Crippen molar-refractivity contribution in [1.82, 2.24) is 15.0 Å². The zero-order valence-electron chi connectivity index (χ0n) is 41.2. The zero-order valence-corrected chi connectivity index (χ0v) is 43.6. The topological polar surface area (TPSA) is 62.5 Å². The summed E-state index contributed by atoms with van der Waals surface area (Å²) < 4.78 is 0. The molecule has 10 aromatic rings. The summed E-state index contributed by atoms with van der Waals surface area (Å²) in [6, 6.07) is 73.7. The Bertz CT molecular complexity index is 3480. The van der Waals surface area contributed by atoms with E-state index in [0.717, 1.165) is 106 Å². The fraction of sp³-hybridized carbons (Fsp3) is 0.147. The normalized spacial score (nSPS) is 11.8. The Labute approximate surface area is 443 Å². The van der Waals surface area contributed by atoms with E-state index in [2.05, 4.69) is 188 Å². The maximum Gasteiger partial charge on any atom is 3.00 e. The van der Waals surface area contributed by atoms with E-state index in [1.807, 2.05) is 48.8 Å². The number of nitrogens with zero attached hydrogens (tertiary/aromatic N) is 4. The summed E-state index contributed by atoms with van der Waals surface area (Å²) in [7, 11) is 0. The van der Waals surface area contributed by atoms with Crippen molar-refractivity contribution in [2.45, 2.75) is 65.2 Å². The second-order valence-electron chi connectivity index (χ2n) is 19.2. The van der Waals surface area contributed by atoms with Crippen molar-refractivity contribution in [3.8, 4) is 84.3 Å². The molecule has 354 valence electrons. The van der Waals surface area contributed by atoms with Crippen LogP contribution < -0.4 is 0 Å². The van der Waals surface area contributed by atoms with Crippen LogP contribution in [0.4, 0.5) is 0 Å². The third kappa shape index (κ3) is 11.3. The predicted molar refractivity (Wildman–Crippen MR) is 293 cm³/mol. The molecule has 0 atom stereocenters. The van der Waals surface area contributed by atoms with Crippen LogP contribution in [0.5, 0.6) is 0 Å². The molecule has 0 unspecified atom stereocenters. The molecule has 0 fully saturated rings. The van der Waals surface area contributed by atoms with Gasteiger partial charge >= 0.3 is 20.1 Å². The Kier molecular flexibility index (Phi) is 14.9. The maximum atomic E-state index is 9.42. The zero-order chi connectivity index (χ0) is 48.8. The van der Waals surface area contributed by atoms with Crippen molar-refractivity contribution < 1.29 is 20.1 Å². The van der Waals surface area contributed by atoms with Gasteiger partial charge < -0.3 is 15.0 Å². The van der Waals surface area contributed by atoms with Crippen LogP contribution in [-0.2, 0) is 58.6 Å². The molecule has 7 aromatic carbocycles. The molecule has 73 heavy (non-hydrogen) atoms. The van der Waals surface area contributed by atoms with E-state index in [-0.39, 0.29) is 20.1 Å². The SMILES string of the molecule is Cc1ccnc(-c2[c-]cc(CCc3cc(CCc4c[c-]c(-c5cc(C)ccn5)cc4)cc(-c4ccccc4-c4c[c-]c(-c5cc6c(cn5)CCCC6)cc4-c4ccc(-c5ccc(C#N)cc5)cc4)c3)cc2)c1.[Ir+3]. The number of rotatable bonds is 13. The molecule has 3 heterocycles. The number of aromatic nitrogens is 3. The average molecular weight is 1120 g/mol. The standard InChI is InChI=1S/C68H53N4.Ir/c1-46-33-35-70-66(37-46)56-23-15-48(16-24-56)11-13-51-39-52(14-12-49-17-25-57(26-18-49)67-38-47(2)34-36-71-67)41-61(40-51)62-9-5-6-10-63(62)64-32-31-59(68-43-58-7-3-4-8-60(58)45-72-68)42-65(64)55-29-27-54(28-30-55)53-21-19-50(44-69)20-22-53;/h5-6,9-10,15-23,25,27-30,32-43,45H,3-4,7-8,11-14H2,1-2H3;/q-3;+3. The van der Waals surface area contributed by atoms with Crippen LogP contribution in [0.25, 0.3) is 78.3 Å². The molecule has 5 heteroatoms. The van der Waals surface area contributed by atoms with Gasteiger partial charge in [-0.1, -0.05) is 143 Å². The van der Waals surface area contributed by atoms with E-state index in [9.17, 15) is 5.26 Å². The Hall–Kier alpha value is -7.87. The molecule has 0 spiro atoms. The maximum absolute atomic E-state index is 9.42. The van der Waals surface area contributed by atoms with Crippen LogP contribution >= 0.6 is 0 Å². The van der Waals surface area contributed by atoms with E-state index in [1.54, 1.807) is 0 Å². The van der Waals surface area contributed by atoms with Gasteiger partial charge in [0.25, 0.3) is 0 Å². The minimum Gasteiger partial charge on any atom is -0.305 e. The molecular formula is C68H53IrN4. The largest absolute Gasteiger partial charge is 3.00 e. The van der Waals surface area contributed by atoms with Crippen LogP contribution in [0.3, 0.4) is 0 Å². The summed E-state index contributed by atoms with van der Waals surface area (Å²) in [5, 5.41) is 9.42. The van der Waals surface area contributed by atoms with Gasteiger partial charge in [0.05, 0.1) is 11.6 Å². The number of hydrogen-bond donors (Lipinski definition) is 0. The summed E-state index contributed by atoms with van der Waals surface area (Å²) in [6.45, 7) is 4.19. The molecule has 0 saturated heterocycles. The predicted octanol–water partition coefficient (Wildman–Crippen LogP) is 15.9. The quantitative estimate of drug-likeness (QED) is 0.108.